The summed E-state index contributed by atoms with van der Waals surface area (Å²) in [6.07, 6.45) is 2.45. The lowest BCUT2D eigenvalue weighted by Gasteiger charge is -2.12. The van der Waals surface area contributed by atoms with Crippen molar-refractivity contribution >= 4 is 5.91 Å². The van der Waals surface area contributed by atoms with Crippen LogP contribution in [0, 0.1) is 0 Å². The summed E-state index contributed by atoms with van der Waals surface area (Å²) >= 11 is 0. The molecule has 1 aromatic rings. The molecule has 0 radical (unpaired) electrons. The Morgan fingerprint density at radius 2 is 2.22 bits per heavy atom. The molecule has 1 heterocycles. The van der Waals surface area contributed by atoms with Crippen molar-refractivity contribution < 1.29 is 9.53 Å². The number of hydrogen-bond donors (Lipinski definition) is 1. The number of carbonyl (C=O) groups excluding carboxylic acids is 1. The van der Waals surface area contributed by atoms with Crippen LogP contribution in [-0.4, -0.2) is 23.1 Å². The summed E-state index contributed by atoms with van der Waals surface area (Å²) in [7, 11) is 0. The molecular formula is C13H20N2O3. The van der Waals surface area contributed by atoms with Crippen LogP contribution in [0.3, 0.4) is 0 Å². The van der Waals surface area contributed by atoms with Gasteiger partial charge in [0.05, 0.1) is 6.61 Å². The van der Waals surface area contributed by atoms with Crippen LogP contribution in [0.2, 0.25) is 0 Å². The summed E-state index contributed by atoms with van der Waals surface area (Å²) in [6.45, 7) is 6.18. The molecule has 0 saturated carbocycles. The van der Waals surface area contributed by atoms with Gasteiger partial charge in [-0.1, -0.05) is 6.92 Å². The maximum absolute atomic E-state index is 11.9. The van der Waals surface area contributed by atoms with E-state index in [4.69, 9.17) is 4.74 Å². The summed E-state index contributed by atoms with van der Waals surface area (Å²) in [6, 6.07) is 3.42. The molecule has 5 nitrogen and oxygen atoms in total. The molecule has 1 rings (SSSR count). The van der Waals surface area contributed by atoms with E-state index in [1.165, 1.54) is 4.57 Å². The van der Waals surface area contributed by atoms with Crippen LogP contribution in [0.4, 0.5) is 0 Å². The Morgan fingerprint density at radius 1 is 1.50 bits per heavy atom. The zero-order valence-corrected chi connectivity index (χ0v) is 11.1. The maximum Gasteiger partial charge on any atom is 0.293 e. The topological polar surface area (TPSA) is 60.3 Å². The van der Waals surface area contributed by atoms with E-state index in [0.29, 0.717) is 6.61 Å². The first-order chi connectivity index (χ1) is 8.58. The van der Waals surface area contributed by atoms with Crippen LogP contribution in [0.25, 0.3) is 0 Å². The molecule has 0 aliphatic rings. The second-order valence-corrected chi connectivity index (χ2v) is 4.12. The van der Waals surface area contributed by atoms with Crippen LogP contribution in [0.1, 0.15) is 27.2 Å². The largest absolute Gasteiger partial charge is 0.488 e. The van der Waals surface area contributed by atoms with Crippen LogP contribution in [-0.2, 0) is 11.3 Å². The summed E-state index contributed by atoms with van der Waals surface area (Å²) < 4.78 is 6.55. The molecule has 0 fully saturated rings. The number of ether oxygens (including phenoxy) is 1. The number of nitrogens with zero attached hydrogens (tertiary/aromatic N) is 1. The Kier molecular flexibility index (Phi) is 5.42. The fraction of sp³-hybridized carbons (Fsp3) is 0.538. The third-order valence-electron chi connectivity index (χ3n) is 2.62. The van der Waals surface area contributed by atoms with Gasteiger partial charge < -0.3 is 14.6 Å². The van der Waals surface area contributed by atoms with Crippen molar-refractivity contribution in [2.45, 2.75) is 39.8 Å². The smallest absolute Gasteiger partial charge is 0.293 e. The lowest BCUT2D eigenvalue weighted by Crippen LogP contribution is -2.37. The molecule has 0 saturated heterocycles. The standard InChI is InChI=1S/C13H20N2O3/c1-4-10(3)14-12(16)9-15-8-6-7-11(13(15)17)18-5-2/h6-8,10H,4-5,9H2,1-3H3,(H,14,16). The lowest BCUT2D eigenvalue weighted by atomic mass is 10.2. The maximum atomic E-state index is 11.9. The Morgan fingerprint density at radius 3 is 2.83 bits per heavy atom. The minimum Gasteiger partial charge on any atom is -0.488 e. The van der Waals surface area contributed by atoms with Gasteiger partial charge in [0.1, 0.15) is 6.54 Å². The molecule has 0 spiro atoms. The summed E-state index contributed by atoms with van der Waals surface area (Å²) in [4.78, 5) is 23.6. The van der Waals surface area contributed by atoms with Gasteiger partial charge in [-0.15, -0.1) is 0 Å². The molecule has 0 aromatic carbocycles. The quantitative estimate of drug-likeness (QED) is 0.826. The van der Waals surface area contributed by atoms with E-state index in [0.717, 1.165) is 6.42 Å². The fourth-order valence-corrected chi connectivity index (χ4v) is 1.48. The zero-order valence-electron chi connectivity index (χ0n) is 11.1. The molecule has 1 aromatic heterocycles. The Labute approximate surface area is 107 Å². The van der Waals surface area contributed by atoms with Crippen molar-refractivity contribution in [3.05, 3.63) is 28.7 Å². The Bertz CT molecular complexity index is 454. The molecule has 18 heavy (non-hydrogen) atoms. The molecule has 1 N–H and O–H groups in total. The van der Waals surface area contributed by atoms with Crippen molar-refractivity contribution in [3.63, 3.8) is 0 Å². The molecule has 0 aliphatic heterocycles. The van der Waals surface area contributed by atoms with Crippen LogP contribution >= 0.6 is 0 Å². The third kappa shape index (κ3) is 3.91. The minimum atomic E-state index is -0.279. The number of hydrogen-bond acceptors (Lipinski definition) is 3. The van der Waals surface area contributed by atoms with Gasteiger partial charge in [-0.05, 0) is 32.4 Å². The highest BCUT2D eigenvalue weighted by Crippen LogP contribution is 2.01. The second kappa shape index (κ2) is 6.83. The van der Waals surface area contributed by atoms with Crippen molar-refractivity contribution in [1.29, 1.82) is 0 Å². The predicted octanol–water partition coefficient (Wildman–Crippen LogP) is 1.16. The second-order valence-electron chi connectivity index (χ2n) is 4.12. The van der Waals surface area contributed by atoms with E-state index in [-0.39, 0.29) is 29.8 Å². The van der Waals surface area contributed by atoms with E-state index in [9.17, 15) is 9.59 Å². The Hall–Kier alpha value is -1.78. The van der Waals surface area contributed by atoms with E-state index in [1.54, 1.807) is 18.3 Å². The van der Waals surface area contributed by atoms with Crippen molar-refractivity contribution in [2.75, 3.05) is 6.61 Å². The van der Waals surface area contributed by atoms with Crippen LogP contribution in [0.15, 0.2) is 23.1 Å². The molecule has 100 valence electrons. The number of aromatic nitrogens is 1. The molecule has 1 unspecified atom stereocenters. The molecular weight excluding hydrogens is 232 g/mol. The molecule has 5 heteroatoms. The number of rotatable bonds is 6. The first-order valence-corrected chi connectivity index (χ1v) is 6.20. The van der Waals surface area contributed by atoms with E-state index in [2.05, 4.69) is 5.32 Å². The monoisotopic (exact) mass is 252 g/mol. The van der Waals surface area contributed by atoms with Crippen LogP contribution < -0.4 is 15.6 Å². The van der Waals surface area contributed by atoms with E-state index in [1.807, 2.05) is 20.8 Å². The van der Waals surface area contributed by atoms with Crippen molar-refractivity contribution in [1.82, 2.24) is 9.88 Å². The van der Waals surface area contributed by atoms with Gasteiger partial charge in [-0.3, -0.25) is 9.59 Å². The van der Waals surface area contributed by atoms with Gasteiger partial charge in [0.25, 0.3) is 5.56 Å². The van der Waals surface area contributed by atoms with Gasteiger partial charge in [0.2, 0.25) is 5.91 Å². The normalized spacial score (nSPS) is 11.9. The Balaban J connectivity index is 2.76. The highest BCUT2D eigenvalue weighted by atomic mass is 16.5. The lowest BCUT2D eigenvalue weighted by molar-refractivity contribution is -0.122. The molecule has 1 amide bonds. The van der Waals surface area contributed by atoms with Gasteiger partial charge in [-0.25, -0.2) is 0 Å². The molecule has 0 bridgehead atoms. The molecule has 0 aliphatic carbocycles. The average Bonchev–Trinajstić information content (AvgIpc) is 2.34. The third-order valence-corrected chi connectivity index (χ3v) is 2.62. The molecule has 1 atom stereocenters. The first-order valence-electron chi connectivity index (χ1n) is 6.20. The average molecular weight is 252 g/mol. The summed E-state index contributed by atoms with van der Waals surface area (Å²) in [5.41, 5.74) is -0.279. The number of amides is 1. The number of carbonyl (C=O) groups is 1. The summed E-state index contributed by atoms with van der Waals surface area (Å²) in [5, 5.41) is 2.82. The van der Waals surface area contributed by atoms with Crippen molar-refractivity contribution in [2.24, 2.45) is 0 Å². The van der Waals surface area contributed by atoms with E-state index < -0.39 is 0 Å². The van der Waals surface area contributed by atoms with Crippen LogP contribution in [0.5, 0.6) is 5.75 Å². The van der Waals surface area contributed by atoms with E-state index >= 15 is 0 Å². The van der Waals surface area contributed by atoms with Crippen molar-refractivity contribution in [3.8, 4) is 5.75 Å². The number of nitrogens with one attached hydrogen (secondary N) is 1. The minimum absolute atomic E-state index is 0.0179. The highest BCUT2D eigenvalue weighted by molar-refractivity contribution is 5.76. The zero-order chi connectivity index (χ0) is 13.5. The SMILES string of the molecule is CCOc1cccn(CC(=O)NC(C)CC)c1=O. The van der Waals surface area contributed by atoms with Gasteiger partial charge in [0.15, 0.2) is 5.75 Å². The highest BCUT2D eigenvalue weighted by Gasteiger charge is 2.09. The summed E-state index contributed by atoms with van der Waals surface area (Å²) in [5.74, 6) is 0.108. The fourth-order valence-electron chi connectivity index (χ4n) is 1.48. The number of pyridine rings is 1. The van der Waals surface area contributed by atoms with Gasteiger partial charge in [-0.2, -0.15) is 0 Å². The van der Waals surface area contributed by atoms with Gasteiger partial charge in [0, 0.05) is 12.2 Å². The first kappa shape index (κ1) is 14.3. The predicted molar refractivity (Wildman–Crippen MR) is 69.8 cm³/mol. The van der Waals surface area contributed by atoms with Gasteiger partial charge >= 0.3 is 0 Å².